The number of esters is 1. The van der Waals surface area contributed by atoms with E-state index in [9.17, 15) is 13.2 Å². The first-order valence-corrected chi connectivity index (χ1v) is 11.5. The summed E-state index contributed by atoms with van der Waals surface area (Å²) < 4.78 is 33.5. The van der Waals surface area contributed by atoms with Crippen LogP contribution in [0.15, 0.2) is 24.3 Å². The van der Waals surface area contributed by atoms with Crippen LogP contribution in [-0.2, 0) is 24.4 Å². The minimum absolute atomic E-state index is 0.0967. The van der Waals surface area contributed by atoms with Gasteiger partial charge in [0.1, 0.15) is 5.25 Å². The molecule has 0 aromatic heterocycles. The van der Waals surface area contributed by atoms with Crippen LogP contribution in [0.1, 0.15) is 31.4 Å². The van der Waals surface area contributed by atoms with E-state index in [2.05, 4.69) is 0 Å². The summed E-state index contributed by atoms with van der Waals surface area (Å²) in [6.45, 7) is 2.75. The van der Waals surface area contributed by atoms with Crippen molar-refractivity contribution in [1.29, 1.82) is 0 Å². The molecule has 29 heavy (non-hydrogen) atoms. The van der Waals surface area contributed by atoms with Gasteiger partial charge >= 0.3 is 5.97 Å². The third kappa shape index (κ3) is 4.58. The van der Waals surface area contributed by atoms with Crippen molar-refractivity contribution in [3.63, 3.8) is 0 Å². The highest BCUT2D eigenvalue weighted by Crippen LogP contribution is 2.36. The Hall–Kier alpha value is -1.68. The molecule has 0 saturated carbocycles. The normalized spacial score (nSPS) is 26.4. The average molecular weight is 426 g/mol. The number of hydrogen-bond acceptors (Lipinski definition) is 7. The molecule has 3 rings (SSSR count). The Morgan fingerprint density at radius 1 is 1.28 bits per heavy atom. The number of nitrogens with zero attached hydrogens (tertiary/aromatic N) is 3. The van der Waals surface area contributed by atoms with Crippen molar-refractivity contribution in [2.45, 2.75) is 31.1 Å². The summed E-state index contributed by atoms with van der Waals surface area (Å²) in [5.74, 6) is -0.723. The van der Waals surface area contributed by atoms with Crippen LogP contribution in [0.4, 0.5) is 5.69 Å². The second-order valence-electron chi connectivity index (χ2n) is 7.81. The van der Waals surface area contributed by atoms with Gasteiger partial charge in [-0.15, -0.1) is 0 Å². The zero-order valence-corrected chi connectivity index (χ0v) is 18.4. The first-order chi connectivity index (χ1) is 13.8. The highest BCUT2D eigenvalue weighted by atomic mass is 32.2. The zero-order valence-electron chi connectivity index (χ0n) is 17.6. The summed E-state index contributed by atoms with van der Waals surface area (Å²) in [7, 11) is 2.03. The van der Waals surface area contributed by atoms with Gasteiger partial charge in [-0.25, -0.2) is 12.7 Å². The molecule has 2 aliphatic heterocycles. The van der Waals surface area contributed by atoms with Gasteiger partial charge in [-0.05, 0) is 37.5 Å². The van der Waals surface area contributed by atoms with Gasteiger partial charge in [-0.2, -0.15) is 5.06 Å². The van der Waals surface area contributed by atoms with E-state index in [4.69, 9.17) is 9.57 Å². The molecule has 0 amide bonds. The van der Waals surface area contributed by atoms with Gasteiger partial charge in [-0.3, -0.25) is 9.63 Å². The average Bonchev–Trinajstić information content (AvgIpc) is 3.10. The Labute approximate surface area is 173 Å². The van der Waals surface area contributed by atoms with Crippen LogP contribution in [0.2, 0.25) is 0 Å². The van der Waals surface area contributed by atoms with Gasteiger partial charge in [-0.1, -0.05) is 12.1 Å². The van der Waals surface area contributed by atoms with E-state index in [0.717, 1.165) is 11.3 Å². The molecule has 162 valence electrons. The van der Waals surface area contributed by atoms with E-state index in [1.807, 2.05) is 43.3 Å². The second kappa shape index (κ2) is 8.99. The fraction of sp³-hybridized carbons (Fsp3) is 0.650. The van der Waals surface area contributed by atoms with Crippen molar-refractivity contribution >= 4 is 21.7 Å². The summed E-state index contributed by atoms with van der Waals surface area (Å²) in [6, 6.07) is 7.45. The van der Waals surface area contributed by atoms with E-state index >= 15 is 0 Å². The van der Waals surface area contributed by atoms with Gasteiger partial charge in [0.15, 0.2) is 0 Å². The van der Waals surface area contributed by atoms with Crippen LogP contribution >= 0.6 is 0 Å². The van der Waals surface area contributed by atoms with Crippen LogP contribution in [0.3, 0.4) is 0 Å². The van der Waals surface area contributed by atoms with E-state index in [-0.39, 0.29) is 19.1 Å². The summed E-state index contributed by atoms with van der Waals surface area (Å²) in [4.78, 5) is 19.8. The maximum Gasteiger partial charge on any atom is 0.310 e. The summed E-state index contributed by atoms with van der Waals surface area (Å²) in [6.07, 6.45) is 1.30. The molecule has 0 bridgehead atoms. The van der Waals surface area contributed by atoms with Crippen molar-refractivity contribution in [3.05, 3.63) is 29.8 Å². The molecule has 2 heterocycles. The lowest BCUT2D eigenvalue weighted by molar-refractivity contribution is -0.149. The molecule has 2 saturated heterocycles. The Balaban J connectivity index is 1.82. The molecule has 0 radical (unpaired) electrons. The quantitative estimate of drug-likeness (QED) is 0.641. The zero-order chi connectivity index (χ0) is 21.2. The number of ether oxygens (including phenoxy) is 1. The van der Waals surface area contributed by atoms with Crippen molar-refractivity contribution in [2.75, 3.05) is 52.3 Å². The minimum Gasteiger partial charge on any atom is -0.466 e. The van der Waals surface area contributed by atoms with Gasteiger partial charge < -0.3 is 9.64 Å². The van der Waals surface area contributed by atoms with Crippen molar-refractivity contribution in [3.8, 4) is 0 Å². The number of rotatable bonds is 6. The highest BCUT2D eigenvalue weighted by Gasteiger charge is 2.47. The molecule has 2 fully saturated rings. The number of carbonyl (C=O) groups excluding carboxylic acids is 1. The Kier molecular flexibility index (Phi) is 6.83. The monoisotopic (exact) mass is 425 g/mol. The Morgan fingerprint density at radius 3 is 2.59 bits per heavy atom. The maximum atomic E-state index is 13.5. The predicted octanol–water partition coefficient (Wildman–Crippen LogP) is 1.64. The number of hydrogen-bond donors (Lipinski definition) is 0. The maximum absolute atomic E-state index is 13.5. The number of carbonyl (C=O) groups is 1. The molecule has 0 unspecified atom stereocenters. The molecule has 2 aliphatic rings. The van der Waals surface area contributed by atoms with Crippen molar-refractivity contribution in [2.24, 2.45) is 5.92 Å². The van der Waals surface area contributed by atoms with Gasteiger partial charge in [0.25, 0.3) is 0 Å². The van der Waals surface area contributed by atoms with Crippen molar-refractivity contribution < 1.29 is 22.8 Å². The standard InChI is InChI=1S/C20H31N3O5S/c1-5-27-20(24)16-7-6-12-23(13-16)29(25,26)18-14-28-22(4)19(18)15-8-10-17(11-9-15)21(2)3/h8-11,16,18-19H,5-7,12-14H2,1-4H3/t16-,18+,19-/m1/s1. The number of piperidine rings is 1. The molecule has 0 spiro atoms. The summed E-state index contributed by atoms with van der Waals surface area (Å²) >= 11 is 0. The van der Waals surface area contributed by atoms with E-state index in [1.165, 1.54) is 4.31 Å². The fourth-order valence-electron chi connectivity index (χ4n) is 4.06. The lowest BCUT2D eigenvalue weighted by atomic mass is 10.0. The highest BCUT2D eigenvalue weighted by molar-refractivity contribution is 7.89. The largest absolute Gasteiger partial charge is 0.466 e. The lowest BCUT2D eigenvalue weighted by Gasteiger charge is -2.34. The molecule has 0 N–H and O–H groups in total. The molecule has 3 atom stereocenters. The summed E-state index contributed by atoms with van der Waals surface area (Å²) in [5, 5.41) is 0.901. The molecule has 9 heteroatoms. The third-order valence-corrected chi connectivity index (χ3v) is 7.89. The molecular formula is C20H31N3O5S. The van der Waals surface area contributed by atoms with Gasteiger partial charge in [0.2, 0.25) is 10.0 Å². The predicted molar refractivity (Wildman–Crippen MR) is 111 cm³/mol. The number of hydroxylamine groups is 2. The van der Waals surface area contributed by atoms with Crippen LogP contribution in [0.5, 0.6) is 0 Å². The van der Waals surface area contributed by atoms with E-state index in [0.29, 0.717) is 26.0 Å². The first kappa shape index (κ1) is 22.0. The van der Waals surface area contributed by atoms with Crippen LogP contribution in [-0.4, -0.2) is 76.5 Å². The minimum atomic E-state index is -3.65. The number of sulfonamides is 1. The molecule has 8 nitrogen and oxygen atoms in total. The topological polar surface area (TPSA) is 79.4 Å². The van der Waals surface area contributed by atoms with E-state index in [1.54, 1.807) is 19.0 Å². The van der Waals surface area contributed by atoms with E-state index < -0.39 is 27.2 Å². The van der Waals surface area contributed by atoms with Crippen LogP contribution < -0.4 is 4.90 Å². The number of benzene rings is 1. The smallest absolute Gasteiger partial charge is 0.310 e. The molecule has 0 aliphatic carbocycles. The van der Waals surface area contributed by atoms with Gasteiger partial charge in [0.05, 0.1) is 25.2 Å². The molecular weight excluding hydrogens is 394 g/mol. The SMILES string of the molecule is CCOC(=O)[C@@H]1CCCN(S(=O)(=O)[C@H]2CON(C)[C@@H]2c2ccc(N(C)C)cc2)C1. The van der Waals surface area contributed by atoms with Gasteiger partial charge in [0, 0.05) is 39.9 Å². The van der Waals surface area contributed by atoms with Crippen molar-refractivity contribution in [1.82, 2.24) is 9.37 Å². The summed E-state index contributed by atoms with van der Waals surface area (Å²) in [5.41, 5.74) is 1.94. The Morgan fingerprint density at radius 2 is 1.97 bits per heavy atom. The second-order valence-corrected chi connectivity index (χ2v) is 9.96. The fourth-order valence-corrected chi connectivity index (χ4v) is 6.10. The lowest BCUT2D eigenvalue weighted by Crippen LogP contribution is -2.48. The Bertz CT molecular complexity index is 812. The molecule has 1 aromatic rings. The molecule has 1 aromatic carbocycles. The van der Waals surface area contributed by atoms with Crippen LogP contribution in [0.25, 0.3) is 0 Å². The first-order valence-electron chi connectivity index (χ1n) is 10.0. The third-order valence-electron chi connectivity index (χ3n) is 5.68. The van der Waals surface area contributed by atoms with Crippen LogP contribution in [0, 0.1) is 5.92 Å². The number of anilines is 1.